The van der Waals surface area contributed by atoms with Crippen molar-refractivity contribution in [2.75, 3.05) is 0 Å². The van der Waals surface area contributed by atoms with Crippen molar-refractivity contribution < 1.29 is 36.8 Å². The Bertz CT molecular complexity index is 37.3. The van der Waals surface area contributed by atoms with Gasteiger partial charge in [0, 0.05) is 0 Å². The van der Waals surface area contributed by atoms with Crippen LogP contribution in [-0.4, -0.2) is 2.82 Å². The summed E-state index contributed by atoms with van der Waals surface area (Å²) in [5.41, 5.74) is 0. The van der Waals surface area contributed by atoms with Crippen LogP contribution >= 0.6 is 0 Å². The average molecular weight is 244 g/mol. The van der Waals surface area contributed by atoms with Crippen LogP contribution in [0.5, 0.6) is 0 Å². The molecule has 0 radical (unpaired) electrons. The van der Waals surface area contributed by atoms with Gasteiger partial charge in [0.05, 0.1) is 0 Å². The van der Waals surface area contributed by atoms with Crippen molar-refractivity contribution in [1.82, 2.24) is 0 Å². The van der Waals surface area contributed by atoms with E-state index in [-0.39, 0.29) is 0 Å². The predicted molar refractivity (Wildman–Crippen MR) is 28.0 cm³/mol. The number of hydrogen-bond donors (Lipinski definition) is 0. The Labute approximate surface area is 64.9 Å². The van der Waals surface area contributed by atoms with Crippen LogP contribution in [0.15, 0.2) is 0 Å². The minimum absolute atomic E-state index is 0.603. The molecule has 0 aromatic rings. The molecule has 0 aromatic heterocycles. The third kappa shape index (κ3) is 5.54. The Kier molecular flexibility index (Phi) is 3.46. The van der Waals surface area contributed by atoms with Crippen LogP contribution in [0.3, 0.4) is 0 Å². The van der Waals surface area contributed by atoms with E-state index in [0.717, 1.165) is 0 Å². The first kappa shape index (κ1) is 7.54. The summed E-state index contributed by atoms with van der Waals surface area (Å²) in [6.45, 7) is 7.07. The van der Waals surface area contributed by atoms with E-state index in [4.69, 9.17) is 0 Å². The first-order chi connectivity index (χ1) is 2.56. The van der Waals surface area contributed by atoms with Crippen molar-refractivity contribution >= 4 is 2.82 Å². The fourth-order valence-electron chi connectivity index (χ4n) is 0. The number of rotatable bonds is 1. The third-order valence-corrected chi connectivity index (χ3v) is 4.90. The molecule has 0 fully saturated rings. The van der Waals surface area contributed by atoms with Crippen molar-refractivity contribution in [3.05, 3.63) is 0 Å². The average Bonchev–Trinajstić information content (AvgIpc) is 1.35. The molecule has 0 N–H and O–H groups in total. The molecule has 0 saturated heterocycles. The van der Waals surface area contributed by atoms with Gasteiger partial charge in [-0.15, -0.1) is 0 Å². The summed E-state index contributed by atoms with van der Waals surface area (Å²) in [6.07, 6.45) is 0. The van der Waals surface area contributed by atoms with Gasteiger partial charge in [0.25, 0.3) is 0 Å². The molecule has 0 heterocycles. The second-order valence-electron chi connectivity index (χ2n) is 2.04. The van der Waals surface area contributed by atoms with Gasteiger partial charge in [-0.3, -0.25) is 0 Å². The predicted octanol–water partition coefficient (Wildman–Crippen LogP) is 1.76. The van der Waals surface area contributed by atoms with Gasteiger partial charge >= 0.3 is 65.7 Å². The van der Waals surface area contributed by atoms with Gasteiger partial charge in [0.15, 0.2) is 0 Å². The molecule has 0 bridgehead atoms. The summed E-state index contributed by atoms with van der Waals surface area (Å²) in [7, 11) is 0. The van der Waals surface area contributed by atoms with Crippen LogP contribution in [0.2, 0.25) is 19.1 Å². The first-order valence-electron chi connectivity index (χ1n) is 2.24. The number of hydrogen-bond acceptors (Lipinski definition) is 0. The monoisotopic (exact) mass is 245 g/mol. The van der Waals surface area contributed by atoms with E-state index in [1.54, 1.807) is 0 Å². The van der Waals surface area contributed by atoms with Crippen LogP contribution in [0.4, 0.5) is 0 Å². The van der Waals surface area contributed by atoms with Crippen LogP contribution in [0.25, 0.3) is 0 Å². The zero-order chi connectivity index (χ0) is 5.21. The van der Waals surface area contributed by atoms with Crippen LogP contribution in [0, 0.1) is 36.8 Å². The quantitative estimate of drug-likeness (QED) is 0.617. The second-order valence-corrected chi connectivity index (χ2v) is 15.3. The molecule has 0 nitrogen and oxygen atoms in total. The van der Waals surface area contributed by atoms with E-state index in [1.165, 1.54) is 6.04 Å². The molecule has 0 aliphatic carbocycles. The fourth-order valence-corrected chi connectivity index (χ4v) is 0. The Morgan fingerprint density at radius 3 is 1.67 bits per heavy atom. The Morgan fingerprint density at radius 1 is 1.50 bits per heavy atom. The van der Waals surface area contributed by atoms with Gasteiger partial charge in [-0.1, -0.05) is 0 Å². The summed E-state index contributed by atoms with van der Waals surface area (Å²) >= 11 is 2.20. The van der Waals surface area contributed by atoms with E-state index in [1.807, 2.05) is 0 Å². The van der Waals surface area contributed by atoms with Crippen LogP contribution < -0.4 is 0 Å². The maximum atomic E-state index is 2.39. The molecular weight excluding hydrogens is 233 g/mol. The molecule has 0 rings (SSSR count). The molecule has 0 spiro atoms. The zero-order valence-corrected chi connectivity index (χ0v) is 7.83. The molecule has 0 atom stereocenters. The Morgan fingerprint density at radius 2 is 1.67 bits per heavy atom. The van der Waals surface area contributed by atoms with Gasteiger partial charge in [-0.25, -0.2) is 0 Å². The summed E-state index contributed by atoms with van der Waals surface area (Å²) < 4.78 is -0.603. The molecular formula is C4H11GdSi. The maximum absolute atomic E-state index is 2.39. The van der Waals surface area contributed by atoms with Crippen molar-refractivity contribution in [3.8, 4) is 0 Å². The molecule has 2 heteroatoms. The zero-order valence-electron chi connectivity index (χ0n) is 4.56. The first-order valence-corrected chi connectivity index (χ1v) is 8.70. The molecule has 39 valence electrons. The van der Waals surface area contributed by atoms with Gasteiger partial charge in [-0.05, 0) is 0 Å². The molecule has 0 aliphatic heterocycles. The van der Waals surface area contributed by atoms with Gasteiger partial charge in [-0.2, -0.15) is 0 Å². The van der Waals surface area contributed by atoms with E-state index < -0.39 is 2.82 Å². The molecule has 0 amide bonds. The Balaban J connectivity index is 3.17. The van der Waals surface area contributed by atoms with Crippen molar-refractivity contribution in [2.24, 2.45) is 0 Å². The van der Waals surface area contributed by atoms with E-state index in [2.05, 4.69) is 56.8 Å². The van der Waals surface area contributed by atoms with Crippen molar-refractivity contribution in [3.63, 3.8) is 0 Å². The normalized spacial score (nSPS) is 12.0. The van der Waals surface area contributed by atoms with Gasteiger partial charge in [0.2, 0.25) is 0 Å². The molecule has 6 heavy (non-hydrogen) atoms. The molecule has 0 aliphatic rings. The summed E-state index contributed by atoms with van der Waals surface area (Å²) in [4.78, 5) is 0. The summed E-state index contributed by atoms with van der Waals surface area (Å²) in [5.74, 6) is 0. The second kappa shape index (κ2) is 2.75. The van der Waals surface area contributed by atoms with Crippen LogP contribution in [-0.2, 0) is 0 Å². The topological polar surface area (TPSA) is 0 Å². The van der Waals surface area contributed by atoms with Crippen molar-refractivity contribution in [1.29, 1.82) is 0 Å². The molecule has 0 aromatic carbocycles. The Hall–Kier alpha value is 1.54. The molecule has 0 saturated carbocycles. The van der Waals surface area contributed by atoms with Crippen LogP contribution in [0.1, 0.15) is 6.92 Å². The van der Waals surface area contributed by atoms with E-state index >= 15 is 0 Å². The van der Waals surface area contributed by atoms with E-state index in [9.17, 15) is 0 Å². The standard InChI is InChI=1S/C4H11Si.Gd/c1-4-5(2)3;/h4H2,1-3H3;. The van der Waals surface area contributed by atoms with Gasteiger partial charge < -0.3 is 0 Å². The van der Waals surface area contributed by atoms with Crippen molar-refractivity contribution in [2.45, 2.75) is 26.1 Å². The SMILES string of the molecule is CC[Si](C)(C)[Gd]. The summed E-state index contributed by atoms with van der Waals surface area (Å²) in [6, 6.07) is 1.42. The fraction of sp³-hybridized carbons (Fsp3) is 1.00. The van der Waals surface area contributed by atoms with E-state index in [0.29, 0.717) is 0 Å². The third-order valence-electron chi connectivity index (χ3n) is 0.832. The molecule has 0 unspecified atom stereocenters. The van der Waals surface area contributed by atoms with Gasteiger partial charge in [0.1, 0.15) is 0 Å². The summed E-state index contributed by atoms with van der Waals surface area (Å²) in [5, 5.41) is 0. The minimum atomic E-state index is -0.603.